The highest BCUT2D eigenvalue weighted by Crippen LogP contribution is 2.27. The molecule has 0 saturated carbocycles. The van der Waals surface area contributed by atoms with Crippen molar-refractivity contribution in [3.05, 3.63) is 51.8 Å². The number of rotatable bonds is 3. The molecule has 6 heteroatoms. The van der Waals surface area contributed by atoms with E-state index in [0.29, 0.717) is 21.3 Å². The number of carbonyl (C=O) groups is 2. The maximum Gasteiger partial charge on any atom is 0.322 e. The van der Waals surface area contributed by atoms with Crippen molar-refractivity contribution >= 4 is 41.0 Å². The fourth-order valence-corrected chi connectivity index (χ4v) is 2.28. The lowest BCUT2D eigenvalue weighted by atomic mass is 10.0. The van der Waals surface area contributed by atoms with Gasteiger partial charge in [0.2, 0.25) is 0 Å². The maximum absolute atomic E-state index is 12.2. The van der Waals surface area contributed by atoms with E-state index in [9.17, 15) is 9.59 Å². The lowest BCUT2D eigenvalue weighted by molar-refractivity contribution is -0.148. The molecule has 1 atom stereocenters. The summed E-state index contributed by atoms with van der Waals surface area (Å²) in [7, 11) is 0. The summed E-state index contributed by atoms with van der Waals surface area (Å²) >= 11 is 11.8. The van der Waals surface area contributed by atoms with Gasteiger partial charge in [0.1, 0.15) is 0 Å². The first kappa shape index (κ1) is 15.6. The predicted molar refractivity (Wildman–Crippen MR) is 81.8 cm³/mol. The van der Waals surface area contributed by atoms with Crippen LogP contribution in [0.3, 0.4) is 0 Å². The quantitative estimate of drug-likeness (QED) is 0.526. The number of ether oxygens (including phenoxy) is 1. The van der Waals surface area contributed by atoms with Crippen LogP contribution < -0.4 is 5.32 Å². The highest BCUT2D eigenvalue weighted by molar-refractivity contribution is 6.42. The Morgan fingerprint density at radius 1 is 1.43 bits per heavy atom. The molecule has 1 N–H and O–H groups in total. The van der Waals surface area contributed by atoms with Crippen molar-refractivity contribution in [2.45, 2.75) is 6.92 Å². The molecule has 1 aromatic rings. The van der Waals surface area contributed by atoms with Crippen LogP contribution in [0.2, 0.25) is 10.0 Å². The molecule has 1 fully saturated rings. The van der Waals surface area contributed by atoms with Crippen molar-refractivity contribution < 1.29 is 14.3 Å². The number of nitrogens with one attached hydrogen (secondary N) is 1. The van der Waals surface area contributed by atoms with E-state index in [1.54, 1.807) is 31.2 Å². The summed E-state index contributed by atoms with van der Waals surface area (Å²) < 4.78 is 4.87. The minimum absolute atomic E-state index is 0.210. The summed E-state index contributed by atoms with van der Waals surface area (Å²) in [5.41, 5.74) is 1.28. The van der Waals surface area contributed by atoms with Crippen LogP contribution >= 0.6 is 23.2 Å². The number of hydrogen-bond acceptors (Lipinski definition) is 4. The molecule has 1 aliphatic heterocycles. The average molecular weight is 326 g/mol. The summed E-state index contributed by atoms with van der Waals surface area (Å²) in [5.74, 6) is -1.97. The van der Waals surface area contributed by atoms with Crippen molar-refractivity contribution in [1.82, 2.24) is 5.32 Å². The first-order valence-electron chi connectivity index (χ1n) is 6.27. The standard InChI is InChI=1S/C15H13Cl2NO3/c1-3-21-15(20)13-8(2)18-12(14(13)19)7-9-4-5-10(16)11(17)6-9/h4-7,13,18H,2-3H2,1H3. The van der Waals surface area contributed by atoms with Crippen LogP contribution in [0.4, 0.5) is 0 Å². The van der Waals surface area contributed by atoms with Crippen LogP contribution in [-0.4, -0.2) is 18.4 Å². The van der Waals surface area contributed by atoms with Gasteiger partial charge in [0.15, 0.2) is 11.7 Å². The second-order valence-electron chi connectivity index (χ2n) is 4.43. The van der Waals surface area contributed by atoms with Crippen molar-refractivity contribution in [2.24, 2.45) is 5.92 Å². The van der Waals surface area contributed by atoms with Gasteiger partial charge < -0.3 is 10.1 Å². The van der Waals surface area contributed by atoms with Gasteiger partial charge in [-0.1, -0.05) is 35.8 Å². The maximum atomic E-state index is 12.2. The third kappa shape index (κ3) is 3.28. The minimum Gasteiger partial charge on any atom is -0.465 e. The van der Waals surface area contributed by atoms with Crippen LogP contribution in [0.5, 0.6) is 0 Å². The molecule has 0 radical (unpaired) electrons. The highest BCUT2D eigenvalue weighted by atomic mass is 35.5. The number of benzene rings is 1. The third-order valence-electron chi connectivity index (χ3n) is 2.95. The molecule has 1 saturated heterocycles. The zero-order valence-corrected chi connectivity index (χ0v) is 12.8. The van der Waals surface area contributed by atoms with Gasteiger partial charge in [-0.25, -0.2) is 0 Å². The van der Waals surface area contributed by atoms with E-state index in [1.165, 1.54) is 0 Å². The molecule has 0 amide bonds. The van der Waals surface area contributed by atoms with Gasteiger partial charge in [-0.3, -0.25) is 9.59 Å². The number of halogens is 2. The molecule has 1 aliphatic rings. The number of ketones is 1. The zero-order chi connectivity index (χ0) is 15.6. The molecule has 0 aliphatic carbocycles. The van der Waals surface area contributed by atoms with Gasteiger partial charge in [0.25, 0.3) is 0 Å². The average Bonchev–Trinajstić information content (AvgIpc) is 2.69. The van der Waals surface area contributed by atoms with E-state index < -0.39 is 11.9 Å². The number of Topliss-reactive ketones (excluding diaryl/α,β-unsaturated/α-hetero) is 1. The Morgan fingerprint density at radius 3 is 2.76 bits per heavy atom. The normalized spacial score (nSPS) is 19.8. The Labute approximate surface area is 132 Å². The van der Waals surface area contributed by atoms with Gasteiger partial charge in [-0.15, -0.1) is 0 Å². The van der Waals surface area contributed by atoms with Crippen LogP contribution in [-0.2, 0) is 14.3 Å². The number of esters is 1. The van der Waals surface area contributed by atoms with Crippen molar-refractivity contribution in [1.29, 1.82) is 0 Å². The molecule has 21 heavy (non-hydrogen) atoms. The molecule has 0 bridgehead atoms. The van der Waals surface area contributed by atoms with E-state index >= 15 is 0 Å². The highest BCUT2D eigenvalue weighted by Gasteiger charge is 2.39. The molecule has 2 rings (SSSR count). The van der Waals surface area contributed by atoms with E-state index in [0.717, 1.165) is 0 Å². The Kier molecular flexibility index (Phi) is 4.70. The summed E-state index contributed by atoms with van der Waals surface area (Å²) in [5, 5.41) is 3.63. The predicted octanol–water partition coefficient (Wildman–Crippen LogP) is 3.20. The molecular formula is C15H13Cl2NO3. The fraction of sp³-hybridized carbons (Fsp3) is 0.200. The molecule has 1 heterocycles. The molecule has 4 nitrogen and oxygen atoms in total. The van der Waals surface area contributed by atoms with Crippen LogP contribution in [0.15, 0.2) is 36.2 Å². The molecule has 0 aromatic heterocycles. The van der Waals surface area contributed by atoms with Gasteiger partial charge in [0.05, 0.1) is 22.3 Å². The van der Waals surface area contributed by atoms with Gasteiger partial charge in [0, 0.05) is 5.70 Å². The minimum atomic E-state index is -1.00. The Bertz CT molecular complexity index is 652. The number of carbonyl (C=O) groups excluding carboxylic acids is 2. The van der Waals surface area contributed by atoms with Crippen LogP contribution in [0, 0.1) is 5.92 Å². The molecule has 0 spiro atoms. The molecule has 110 valence electrons. The third-order valence-corrected chi connectivity index (χ3v) is 3.69. The topological polar surface area (TPSA) is 55.4 Å². The molecule has 1 unspecified atom stereocenters. The van der Waals surface area contributed by atoms with Gasteiger partial charge >= 0.3 is 5.97 Å². The summed E-state index contributed by atoms with van der Waals surface area (Å²) in [6.07, 6.45) is 1.59. The van der Waals surface area contributed by atoms with Gasteiger partial charge in [-0.05, 0) is 30.7 Å². The monoisotopic (exact) mass is 325 g/mol. The first-order valence-corrected chi connectivity index (χ1v) is 7.03. The Morgan fingerprint density at radius 2 is 2.14 bits per heavy atom. The molecular weight excluding hydrogens is 313 g/mol. The summed E-state index contributed by atoms with van der Waals surface area (Å²) in [4.78, 5) is 24.0. The Balaban J connectivity index is 2.27. The largest absolute Gasteiger partial charge is 0.465 e. The smallest absolute Gasteiger partial charge is 0.322 e. The molecule has 1 aromatic carbocycles. The van der Waals surface area contributed by atoms with E-state index in [4.69, 9.17) is 27.9 Å². The van der Waals surface area contributed by atoms with Crippen molar-refractivity contribution in [2.75, 3.05) is 6.61 Å². The van der Waals surface area contributed by atoms with Crippen molar-refractivity contribution in [3.8, 4) is 0 Å². The van der Waals surface area contributed by atoms with Crippen LogP contribution in [0.25, 0.3) is 6.08 Å². The zero-order valence-electron chi connectivity index (χ0n) is 11.3. The SMILES string of the molecule is C=C1NC(=Cc2ccc(Cl)c(Cl)c2)C(=O)C1C(=O)OCC. The fourth-order valence-electron chi connectivity index (χ4n) is 1.97. The lowest BCUT2D eigenvalue weighted by Crippen LogP contribution is -2.23. The second-order valence-corrected chi connectivity index (χ2v) is 5.25. The summed E-state index contributed by atoms with van der Waals surface area (Å²) in [6.45, 7) is 5.58. The van der Waals surface area contributed by atoms with E-state index in [2.05, 4.69) is 11.9 Å². The lowest BCUT2D eigenvalue weighted by Gasteiger charge is -2.06. The van der Waals surface area contributed by atoms with Crippen LogP contribution in [0.1, 0.15) is 12.5 Å². The second kappa shape index (κ2) is 6.33. The summed E-state index contributed by atoms with van der Waals surface area (Å²) in [6, 6.07) is 4.98. The first-order chi connectivity index (χ1) is 9.93. The van der Waals surface area contributed by atoms with E-state index in [1.807, 2.05) is 0 Å². The number of allylic oxidation sites excluding steroid dienone is 1. The Hall–Kier alpha value is -1.78. The van der Waals surface area contributed by atoms with Gasteiger partial charge in [-0.2, -0.15) is 0 Å². The number of hydrogen-bond donors (Lipinski definition) is 1. The van der Waals surface area contributed by atoms with E-state index in [-0.39, 0.29) is 18.1 Å². The van der Waals surface area contributed by atoms with Crippen molar-refractivity contribution in [3.63, 3.8) is 0 Å².